The number of anilines is 1. The van der Waals surface area contributed by atoms with Crippen LogP contribution in [0.15, 0.2) is 48.5 Å². The fourth-order valence-corrected chi connectivity index (χ4v) is 3.70. The summed E-state index contributed by atoms with van der Waals surface area (Å²) >= 11 is 0. The number of rotatable bonds is 2. The maximum Gasteiger partial charge on any atom is 0.258 e. The molecule has 0 radical (unpaired) electrons. The van der Waals surface area contributed by atoms with Crippen molar-refractivity contribution in [3.05, 3.63) is 65.5 Å². The van der Waals surface area contributed by atoms with E-state index in [2.05, 4.69) is 10.6 Å². The van der Waals surface area contributed by atoms with Gasteiger partial charge in [0.15, 0.2) is 0 Å². The van der Waals surface area contributed by atoms with Gasteiger partial charge >= 0.3 is 0 Å². The van der Waals surface area contributed by atoms with E-state index in [9.17, 15) is 14.0 Å². The van der Waals surface area contributed by atoms with Crippen LogP contribution in [0.2, 0.25) is 0 Å². The number of likely N-dealkylation sites (tertiary alicyclic amines) is 1. The monoisotopic (exact) mass is 353 g/mol. The molecule has 0 unspecified atom stereocenters. The minimum atomic E-state index is -0.624. The van der Waals surface area contributed by atoms with Crippen LogP contribution in [-0.2, 0) is 11.2 Å². The standard InChI is InChI=1S/C20H20FN3O2/c21-15-7-4-8-16-18(15)19(26)23-20(22-16)9-11-24(12-10-20)17(25)13-14-5-2-1-3-6-14/h1-8,22H,9-13H2,(H,23,26). The number of nitrogens with one attached hydrogen (secondary N) is 2. The first-order valence-corrected chi connectivity index (χ1v) is 8.77. The highest BCUT2D eigenvalue weighted by Gasteiger charge is 2.41. The van der Waals surface area contributed by atoms with Crippen LogP contribution in [0.4, 0.5) is 10.1 Å². The van der Waals surface area contributed by atoms with Crippen molar-refractivity contribution in [3.8, 4) is 0 Å². The van der Waals surface area contributed by atoms with E-state index in [0.717, 1.165) is 5.56 Å². The summed E-state index contributed by atoms with van der Waals surface area (Å²) in [6, 6.07) is 14.2. The Kier molecular flexibility index (Phi) is 4.11. The van der Waals surface area contributed by atoms with E-state index in [-0.39, 0.29) is 11.5 Å². The first-order chi connectivity index (χ1) is 12.6. The molecule has 0 bridgehead atoms. The molecule has 2 N–H and O–H groups in total. The molecule has 2 heterocycles. The third-order valence-electron chi connectivity index (χ3n) is 5.14. The molecule has 2 amide bonds. The van der Waals surface area contributed by atoms with E-state index >= 15 is 0 Å². The van der Waals surface area contributed by atoms with Gasteiger partial charge in [0.05, 0.1) is 17.7 Å². The van der Waals surface area contributed by atoms with E-state index < -0.39 is 17.4 Å². The fraction of sp³-hybridized carbons (Fsp3) is 0.300. The summed E-state index contributed by atoms with van der Waals surface area (Å²) in [6.45, 7) is 1.09. The first kappa shape index (κ1) is 16.6. The van der Waals surface area contributed by atoms with Crippen molar-refractivity contribution in [2.75, 3.05) is 18.4 Å². The van der Waals surface area contributed by atoms with Gasteiger partial charge in [0.1, 0.15) is 11.5 Å². The minimum Gasteiger partial charge on any atom is -0.362 e. The van der Waals surface area contributed by atoms with Crippen molar-refractivity contribution in [2.45, 2.75) is 24.9 Å². The molecular formula is C20H20FN3O2. The fourth-order valence-electron chi connectivity index (χ4n) is 3.70. The molecule has 5 nitrogen and oxygen atoms in total. The number of benzene rings is 2. The Balaban J connectivity index is 1.43. The van der Waals surface area contributed by atoms with Gasteiger partial charge < -0.3 is 15.5 Å². The Morgan fingerprint density at radius 2 is 1.77 bits per heavy atom. The number of nitrogens with zero attached hydrogens (tertiary/aromatic N) is 1. The van der Waals surface area contributed by atoms with Crippen LogP contribution >= 0.6 is 0 Å². The maximum atomic E-state index is 13.9. The zero-order valence-corrected chi connectivity index (χ0v) is 14.3. The molecule has 1 spiro atoms. The predicted molar refractivity (Wildman–Crippen MR) is 96.2 cm³/mol. The average Bonchev–Trinajstić information content (AvgIpc) is 2.62. The summed E-state index contributed by atoms with van der Waals surface area (Å²) in [6.07, 6.45) is 1.53. The molecule has 0 saturated carbocycles. The lowest BCUT2D eigenvalue weighted by Gasteiger charge is -2.45. The summed E-state index contributed by atoms with van der Waals surface area (Å²) in [5.41, 5.74) is 0.936. The normalized spacial score (nSPS) is 18.0. The van der Waals surface area contributed by atoms with Crippen LogP contribution in [0.1, 0.15) is 28.8 Å². The molecule has 0 aliphatic carbocycles. The van der Waals surface area contributed by atoms with Crippen molar-refractivity contribution < 1.29 is 14.0 Å². The zero-order valence-electron chi connectivity index (χ0n) is 14.3. The van der Waals surface area contributed by atoms with Crippen LogP contribution in [0, 0.1) is 5.82 Å². The van der Waals surface area contributed by atoms with Crippen LogP contribution in [0.25, 0.3) is 0 Å². The highest BCUT2D eigenvalue weighted by molar-refractivity contribution is 6.02. The molecule has 1 fully saturated rings. The Morgan fingerprint density at radius 3 is 2.50 bits per heavy atom. The quantitative estimate of drug-likeness (QED) is 0.872. The van der Waals surface area contributed by atoms with Gasteiger partial charge in [-0.3, -0.25) is 9.59 Å². The molecule has 4 rings (SSSR count). The molecule has 6 heteroatoms. The Morgan fingerprint density at radius 1 is 1.04 bits per heavy atom. The van der Waals surface area contributed by atoms with Gasteiger partial charge in [-0.1, -0.05) is 36.4 Å². The lowest BCUT2D eigenvalue weighted by molar-refractivity contribution is -0.132. The molecule has 2 aromatic carbocycles. The van der Waals surface area contributed by atoms with Crippen molar-refractivity contribution in [1.82, 2.24) is 10.2 Å². The van der Waals surface area contributed by atoms with E-state index in [0.29, 0.717) is 38.0 Å². The van der Waals surface area contributed by atoms with Crippen molar-refractivity contribution in [2.24, 2.45) is 0 Å². The summed E-state index contributed by atoms with van der Waals surface area (Å²) in [7, 11) is 0. The Labute approximate surface area is 151 Å². The largest absolute Gasteiger partial charge is 0.362 e. The van der Waals surface area contributed by atoms with E-state index in [4.69, 9.17) is 0 Å². The zero-order chi connectivity index (χ0) is 18.1. The van der Waals surface area contributed by atoms with Crippen LogP contribution in [0.3, 0.4) is 0 Å². The van der Waals surface area contributed by atoms with Gasteiger partial charge in [0.2, 0.25) is 5.91 Å². The van der Waals surface area contributed by atoms with Crippen molar-refractivity contribution in [3.63, 3.8) is 0 Å². The summed E-state index contributed by atoms with van der Waals surface area (Å²) in [5, 5.41) is 6.19. The minimum absolute atomic E-state index is 0.0562. The van der Waals surface area contributed by atoms with Gasteiger partial charge in [-0.25, -0.2) is 4.39 Å². The number of piperidine rings is 1. The molecule has 2 aliphatic rings. The third kappa shape index (κ3) is 3.03. The van der Waals surface area contributed by atoms with Gasteiger partial charge in [-0.05, 0) is 17.7 Å². The molecule has 2 aromatic rings. The Bertz CT molecular complexity index is 845. The molecular weight excluding hydrogens is 333 g/mol. The van der Waals surface area contributed by atoms with E-state index in [1.807, 2.05) is 35.2 Å². The third-order valence-corrected chi connectivity index (χ3v) is 5.14. The molecule has 1 saturated heterocycles. The highest BCUT2D eigenvalue weighted by atomic mass is 19.1. The lowest BCUT2D eigenvalue weighted by atomic mass is 9.92. The number of halogens is 1. The van der Waals surface area contributed by atoms with Crippen molar-refractivity contribution in [1.29, 1.82) is 0 Å². The van der Waals surface area contributed by atoms with Gasteiger partial charge in [0.25, 0.3) is 5.91 Å². The van der Waals surface area contributed by atoms with E-state index in [1.54, 1.807) is 12.1 Å². The van der Waals surface area contributed by atoms with Gasteiger partial charge in [-0.2, -0.15) is 0 Å². The number of hydrogen-bond acceptors (Lipinski definition) is 3. The molecule has 134 valence electrons. The topological polar surface area (TPSA) is 61.4 Å². The summed E-state index contributed by atoms with van der Waals surface area (Å²) < 4.78 is 13.9. The summed E-state index contributed by atoms with van der Waals surface area (Å²) in [4.78, 5) is 26.7. The smallest absolute Gasteiger partial charge is 0.258 e. The van der Waals surface area contributed by atoms with Gasteiger partial charge in [0, 0.05) is 25.9 Å². The number of carbonyl (C=O) groups excluding carboxylic acids is 2. The highest BCUT2D eigenvalue weighted by Crippen LogP contribution is 2.32. The predicted octanol–water partition coefficient (Wildman–Crippen LogP) is 2.54. The van der Waals surface area contributed by atoms with Crippen molar-refractivity contribution >= 4 is 17.5 Å². The number of hydrogen-bond donors (Lipinski definition) is 2. The molecule has 2 aliphatic heterocycles. The van der Waals surface area contributed by atoms with Crippen LogP contribution in [-0.4, -0.2) is 35.5 Å². The summed E-state index contributed by atoms with van der Waals surface area (Å²) in [5.74, 6) is -0.849. The molecule has 0 aromatic heterocycles. The first-order valence-electron chi connectivity index (χ1n) is 8.77. The van der Waals surface area contributed by atoms with Gasteiger partial charge in [-0.15, -0.1) is 0 Å². The van der Waals surface area contributed by atoms with Crippen LogP contribution < -0.4 is 10.6 Å². The maximum absolute atomic E-state index is 13.9. The number of amides is 2. The average molecular weight is 353 g/mol. The van der Waals surface area contributed by atoms with E-state index in [1.165, 1.54) is 6.07 Å². The van der Waals surface area contributed by atoms with Crippen LogP contribution in [0.5, 0.6) is 0 Å². The molecule has 0 atom stereocenters. The SMILES string of the molecule is O=C1NC2(CCN(C(=O)Cc3ccccc3)CC2)Nc2cccc(F)c21. The number of carbonyl (C=O) groups is 2. The second-order valence-corrected chi connectivity index (χ2v) is 6.87. The second-order valence-electron chi connectivity index (χ2n) is 6.87. The Hall–Kier alpha value is -2.89. The lowest BCUT2D eigenvalue weighted by Crippen LogP contribution is -2.63. The second kappa shape index (κ2) is 6.44. The molecule has 26 heavy (non-hydrogen) atoms. The number of fused-ring (bicyclic) bond motifs is 1.